The van der Waals surface area contributed by atoms with E-state index in [2.05, 4.69) is 4.72 Å². The summed E-state index contributed by atoms with van der Waals surface area (Å²) in [6, 6.07) is 0. The Morgan fingerprint density at radius 2 is 2.00 bits per heavy atom. The normalized spacial score (nSPS) is 23.8. The van der Waals surface area contributed by atoms with Crippen LogP contribution in [0.4, 0.5) is 0 Å². The monoisotopic (exact) mass is 192 g/mol. The molecule has 1 aliphatic rings. The quantitative estimate of drug-likeness (QED) is 0.527. The molecule has 0 spiro atoms. The first kappa shape index (κ1) is 9.63. The number of carbonyl (C=O) groups excluding carboxylic acids is 1. The Bertz CT molecular complexity index is 213. The Morgan fingerprint density at radius 3 is 2.33 bits per heavy atom. The number of hydrogen-bond donors (Lipinski definition) is 3. The first-order chi connectivity index (χ1) is 5.57. The van der Waals surface area contributed by atoms with E-state index in [4.69, 9.17) is 10.3 Å². The number of nitrogens with two attached hydrogens (primary N) is 1. The van der Waals surface area contributed by atoms with Crippen LogP contribution in [-0.2, 0) is 16.1 Å². The van der Waals surface area contributed by atoms with Crippen molar-refractivity contribution in [2.24, 2.45) is 5.73 Å². The summed E-state index contributed by atoms with van der Waals surface area (Å²) in [6.45, 7) is 0. The van der Waals surface area contributed by atoms with Crippen molar-refractivity contribution >= 4 is 17.2 Å². The first-order valence-electron chi connectivity index (χ1n) is 3.75. The van der Waals surface area contributed by atoms with Gasteiger partial charge in [-0.3, -0.25) is 9.35 Å². The minimum Gasteiger partial charge on any atom is -0.368 e. The lowest BCUT2D eigenvalue weighted by Crippen LogP contribution is -2.53. The molecule has 1 unspecified atom stereocenters. The molecule has 1 amide bonds. The Kier molecular flexibility index (Phi) is 2.81. The molecule has 70 valence electrons. The Balaban J connectivity index is 2.72. The average Bonchev–Trinajstić information content (AvgIpc) is 2.35. The Labute approximate surface area is 73.1 Å². The second-order valence-corrected chi connectivity index (χ2v) is 3.71. The van der Waals surface area contributed by atoms with Crippen LogP contribution in [0, 0.1) is 0 Å². The van der Waals surface area contributed by atoms with Crippen molar-refractivity contribution in [2.75, 3.05) is 0 Å². The van der Waals surface area contributed by atoms with E-state index in [0.717, 1.165) is 12.8 Å². The van der Waals surface area contributed by atoms with E-state index in [1.54, 1.807) is 0 Å². The molecule has 0 bridgehead atoms. The molecule has 0 aromatic heterocycles. The second-order valence-electron chi connectivity index (χ2n) is 3.00. The number of hydrogen-bond acceptors (Lipinski definition) is 2. The summed E-state index contributed by atoms with van der Waals surface area (Å²) in [5.41, 5.74) is 4.19. The molecule has 0 aromatic rings. The van der Waals surface area contributed by atoms with Crippen LogP contribution in [-0.4, -0.2) is 20.2 Å². The van der Waals surface area contributed by atoms with Gasteiger partial charge in [0.15, 0.2) is 0 Å². The molecular weight excluding hydrogens is 180 g/mol. The van der Waals surface area contributed by atoms with Gasteiger partial charge in [-0.25, -0.2) is 4.21 Å². The van der Waals surface area contributed by atoms with Crippen molar-refractivity contribution in [3.63, 3.8) is 0 Å². The fraction of sp³-hybridized carbons (Fsp3) is 0.833. The van der Waals surface area contributed by atoms with Gasteiger partial charge in [0.25, 0.3) is 0 Å². The van der Waals surface area contributed by atoms with Gasteiger partial charge >= 0.3 is 0 Å². The van der Waals surface area contributed by atoms with Crippen LogP contribution in [0.2, 0.25) is 0 Å². The molecule has 1 rings (SSSR count). The lowest BCUT2D eigenvalue weighted by atomic mass is 9.99. The number of nitrogens with one attached hydrogen (secondary N) is 1. The molecule has 0 saturated heterocycles. The zero-order valence-electron chi connectivity index (χ0n) is 6.58. The van der Waals surface area contributed by atoms with Crippen molar-refractivity contribution in [2.45, 2.75) is 31.2 Å². The minimum atomic E-state index is -2.17. The number of primary amides is 1. The molecule has 1 fully saturated rings. The molecule has 1 saturated carbocycles. The van der Waals surface area contributed by atoms with Gasteiger partial charge in [-0.05, 0) is 12.8 Å². The molecule has 1 atom stereocenters. The van der Waals surface area contributed by atoms with Gasteiger partial charge in [-0.2, -0.15) is 4.72 Å². The highest BCUT2D eigenvalue weighted by Gasteiger charge is 2.40. The summed E-state index contributed by atoms with van der Waals surface area (Å²) in [6.07, 6.45) is 2.84. The molecule has 1 aliphatic carbocycles. The van der Waals surface area contributed by atoms with Crippen LogP contribution in [0.15, 0.2) is 0 Å². The van der Waals surface area contributed by atoms with Crippen LogP contribution in [0.25, 0.3) is 0 Å². The van der Waals surface area contributed by atoms with Crippen molar-refractivity contribution < 1.29 is 13.6 Å². The van der Waals surface area contributed by atoms with Gasteiger partial charge < -0.3 is 5.73 Å². The maximum absolute atomic E-state index is 11.0. The highest BCUT2D eigenvalue weighted by atomic mass is 32.2. The third-order valence-corrected chi connectivity index (χ3v) is 2.78. The summed E-state index contributed by atoms with van der Waals surface area (Å²) in [7, 11) is 0. The standard InChI is InChI=1S/C6H12N2O3S/c7-5(9)6(8-12(10)11)3-1-2-4-6/h8H,1-4H2,(H2,7,9)(H,10,11). The molecule has 12 heavy (non-hydrogen) atoms. The zero-order valence-corrected chi connectivity index (χ0v) is 7.39. The number of carbonyl (C=O) groups is 1. The minimum absolute atomic E-state index is 0.539. The van der Waals surface area contributed by atoms with Crippen LogP contribution < -0.4 is 10.5 Å². The largest absolute Gasteiger partial charge is 0.368 e. The van der Waals surface area contributed by atoms with E-state index in [-0.39, 0.29) is 0 Å². The van der Waals surface area contributed by atoms with E-state index in [9.17, 15) is 9.00 Å². The Morgan fingerprint density at radius 1 is 1.50 bits per heavy atom. The first-order valence-corrected chi connectivity index (χ1v) is 4.86. The topological polar surface area (TPSA) is 92.4 Å². The van der Waals surface area contributed by atoms with E-state index in [1.807, 2.05) is 0 Å². The molecule has 4 N–H and O–H groups in total. The van der Waals surface area contributed by atoms with Crippen molar-refractivity contribution in [1.29, 1.82) is 0 Å². The predicted octanol–water partition coefficient (Wildman–Crippen LogP) is -0.489. The highest BCUT2D eigenvalue weighted by Crippen LogP contribution is 2.29. The summed E-state index contributed by atoms with van der Waals surface area (Å²) in [5, 5.41) is 0. The van der Waals surface area contributed by atoms with Crippen molar-refractivity contribution in [1.82, 2.24) is 4.72 Å². The van der Waals surface area contributed by atoms with E-state index >= 15 is 0 Å². The molecular formula is C6H12N2O3S. The average molecular weight is 192 g/mol. The highest BCUT2D eigenvalue weighted by molar-refractivity contribution is 7.77. The Hall–Kier alpha value is -0.460. The van der Waals surface area contributed by atoms with E-state index < -0.39 is 22.7 Å². The van der Waals surface area contributed by atoms with Crippen LogP contribution >= 0.6 is 0 Å². The second kappa shape index (κ2) is 3.51. The lowest BCUT2D eigenvalue weighted by molar-refractivity contribution is -0.123. The smallest absolute Gasteiger partial charge is 0.238 e. The van der Waals surface area contributed by atoms with Gasteiger partial charge in [0, 0.05) is 0 Å². The zero-order chi connectivity index (χ0) is 9.19. The molecule has 0 radical (unpaired) electrons. The fourth-order valence-corrected chi connectivity index (χ4v) is 2.18. The van der Waals surface area contributed by atoms with Crippen LogP contribution in [0.3, 0.4) is 0 Å². The summed E-state index contributed by atoms with van der Waals surface area (Å²) < 4.78 is 21.3. The van der Waals surface area contributed by atoms with Gasteiger partial charge in [-0.15, -0.1) is 0 Å². The van der Waals surface area contributed by atoms with E-state index in [0.29, 0.717) is 12.8 Å². The van der Waals surface area contributed by atoms with Crippen molar-refractivity contribution in [3.8, 4) is 0 Å². The summed E-state index contributed by atoms with van der Waals surface area (Å²) in [4.78, 5) is 11.0. The third-order valence-electron chi connectivity index (χ3n) is 2.21. The van der Waals surface area contributed by atoms with Gasteiger partial charge in [0.1, 0.15) is 5.54 Å². The van der Waals surface area contributed by atoms with Crippen LogP contribution in [0.5, 0.6) is 0 Å². The van der Waals surface area contributed by atoms with Gasteiger partial charge in [0.05, 0.1) is 0 Å². The molecule has 0 aromatic carbocycles. The maximum atomic E-state index is 11.0. The summed E-state index contributed by atoms with van der Waals surface area (Å²) >= 11 is -2.17. The summed E-state index contributed by atoms with van der Waals surface area (Å²) in [5.74, 6) is -0.539. The maximum Gasteiger partial charge on any atom is 0.238 e. The van der Waals surface area contributed by atoms with Gasteiger partial charge in [-0.1, -0.05) is 12.8 Å². The fourth-order valence-electron chi connectivity index (χ4n) is 1.54. The molecule has 0 aliphatic heterocycles. The van der Waals surface area contributed by atoms with Crippen LogP contribution in [0.1, 0.15) is 25.7 Å². The molecule has 0 heterocycles. The van der Waals surface area contributed by atoms with Gasteiger partial charge in [0.2, 0.25) is 17.2 Å². The SMILES string of the molecule is NC(=O)C1(NS(=O)O)CCCC1. The lowest BCUT2D eigenvalue weighted by Gasteiger charge is -2.23. The third kappa shape index (κ3) is 1.82. The predicted molar refractivity (Wildman–Crippen MR) is 44.3 cm³/mol. The number of rotatable bonds is 3. The number of amides is 1. The molecule has 5 nitrogen and oxygen atoms in total. The molecule has 6 heteroatoms. The van der Waals surface area contributed by atoms with E-state index in [1.165, 1.54) is 0 Å². The van der Waals surface area contributed by atoms with Crippen molar-refractivity contribution in [3.05, 3.63) is 0 Å².